The van der Waals surface area contributed by atoms with Gasteiger partial charge in [0.1, 0.15) is 5.75 Å². The van der Waals surface area contributed by atoms with E-state index >= 15 is 0 Å². The smallest absolute Gasteiger partial charge is 0.257 e. The number of amides is 1. The number of aliphatic hydroxyl groups is 1. The minimum Gasteiger partial charge on any atom is -0.507 e. The number of phenolic OH excluding ortho intramolecular Hbond substituents is 1. The summed E-state index contributed by atoms with van der Waals surface area (Å²) in [6, 6.07) is 15.1. The van der Waals surface area contributed by atoms with Gasteiger partial charge in [-0.25, -0.2) is 0 Å². The van der Waals surface area contributed by atoms with Gasteiger partial charge in [-0.3, -0.25) is 4.79 Å². The van der Waals surface area contributed by atoms with E-state index in [0.29, 0.717) is 18.9 Å². The maximum Gasteiger partial charge on any atom is 0.257 e. The molecule has 3 rings (SSSR count). The second-order valence-electron chi connectivity index (χ2n) is 6.60. The Morgan fingerprint density at radius 2 is 1.88 bits per heavy atom. The van der Waals surface area contributed by atoms with Crippen LogP contribution in [0.3, 0.4) is 0 Å². The average Bonchev–Trinajstić information content (AvgIpc) is 3.42. The lowest BCUT2D eigenvalue weighted by molar-refractivity contribution is 0.0642. The van der Waals surface area contributed by atoms with E-state index in [4.69, 9.17) is 0 Å². The molecule has 1 saturated carbocycles. The molecule has 0 radical (unpaired) electrons. The van der Waals surface area contributed by atoms with Crippen molar-refractivity contribution < 1.29 is 15.0 Å². The third-order valence-electron chi connectivity index (χ3n) is 4.52. The number of carbonyl (C=O) groups is 1. The van der Waals surface area contributed by atoms with Crippen molar-refractivity contribution in [2.75, 3.05) is 13.6 Å². The Labute approximate surface area is 142 Å². The molecule has 0 saturated heterocycles. The van der Waals surface area contributed by atoms with Crippen LogP contribution in [0.4, 0.5) is 0 Å². The number of rotatable bonds is 6. The third-order valence-corrected chi connectivity index (χ3v) is 4.52. The van der Waals surface area contributed by atoms with E-state index < -0.39 is 6.10 Å². The highest BCUT2D eigenvalue weighted by Crippen LogP contribution is 2.33. The molecule has 126 valence electrons. The molecule has 4 nitrogen and oxygen atoms in total. The van der Waals surface area contributed by atoms with E-state index in [9.17, 15) is 15.0 Å². The van der Waals surface area contributed by atoms with Gasteiger partial charge in [0.05, 0.1) is 11.7 Å². The van der Waals surface area contributed by atoms with Gasteiger partial charge in [0, 0.05) is 13.6 Å². The van der Waals surface area contributed by atoms with Crippen molar-refractivity contribution >= 4 is 5.91 Å². The second-order valence-corrected chi connectivity index (χ2v) is 6.60. The Morgan fingerprint density at radius 1 is 1.17 bits per heavy atom. The van der Waals surface area contributed by atoms with Gasteiger partial charge in [-0.1, -0.05) is 36.4 Å². The van der Waals surface area contributed by atoms with Crippen molar-refractivity contribution in [3.05, 3.63) is 65.2 Å². The number of hydrogen-bond donors (Lipinski definition) is 2. The molecule has 2 aromatic rings. The lowest BCUT2D eigenvalue weighted by atomic mass is 10.0. The Bertz CT molecular complexity index is 710. The predicted molar refractivity (Wildman–Crippen MR) is 93.0 cm³/mol. The first kappa shape index (κ1) is 16.5. The van der Waals surface area contributed by atoms with Crippen LogP contribution in [0, 0.1) is 5.92 Å². The highest BCUT2D eigenvalue weighted by atomic mass is 16.3. The maximum absolute atomic E-state index is 12.6. The molecule has 4 heteroatoms. The fourth-order valence-corrected chi connectivity index (χ4v) is 2.90. The van der Waals surface area contributed by atoms with Gasteiger partial charge in [-0.15, -0.1) is 0 Å². The molecule has 1 aliphatic carbocycles. The van der Waals surface area contributed by atoms with Crippen molar-refractivity contribution in [2.24, 2.45) is 5.92 Å². The Kier molecular flexibility index (Phi) is 4.86. The number of likely N-dealkylation sites (N-methyl/N-ethyl adjacent to an activating group) is 1. The van der Waals surface area contributed by atoms with Crippen molar-refractivity contribution in [1.29, 1.82) is 0 Å². The standard InChI is InChI=1S/C20H23NO3/c1-21(13-19(23)16-8-9-16)20(24)17-12-15(7-10-18(17)22)11-14-5-3-2-4-6-14/h2-7,10,12,16,19,22-23H,8-9,11,13H2,1H3. The number of hydrogen-bond acceptors (Lipinski definition) is 3. The summed E-state index contributed by atoms with van der Waals surface area (Å²) in [5, 5.41) is 20.1. The molecule has 0 bridgehead atoms. The molecule has 1 amide bonds. The predicted octanol–water partition coefficient (Wildman–Crippen LogP) is 2.83. The zero-order valence-electron chi connectivity index (χ0n) is 13.9. The summed E-state index contributed by atoms with van der Waals surface area (Å²) in [5.41, 5.74) is 2.41. The van der Waals surface area contributed by atoms with Crippen LogP contribution in [-0.4, -0.2) is 40.7 Å². The molecule has 2 N–H and O–H groups in total. The summed E-state index contributed by atoms with van der Waals surface area (Å²) in [7, 11) is 1.66. The number of aliphatic hydroxyl groups excluding tert-OH is 1. The van der Waals surface area contributed by atoms with Gasteiger partial charge in [0.15, 0.2) is 0 Å². The fourth-order valence-electron chi connectivity index (χ4n) is 2.90. The average molecular weight is 325 g/mol. The maximum atomic E-state index is 12.6. The molecule has 0 aromatic heterocycles. The first-order chi connectivity index (χ1) is 11.5. The van der Waals surface area contributed by atoms with Gasteiger partial charge in [0.25, 0.3) is 5.91 Å². The molecule has 24 heavy (non-hydrogen) atoms. The van der Waals surface area contributed by atoms with Crippen LogP contribution in [0.25, 0.3) is 0 Å². The number of aromatic hydroxyl groups is 1. The van der Waals surface area contributed by atoms with Gasteiger partial charge < -0.3 is 15.1 Å². The highest BCUT2D eigenvalue weighted by molar-refractivity contribution is 5.96. The van der Waals surface area contributed by atoms with Crippen LogP contribution >= 0.6 is 0 Å². The van der Waals surface area contributed by atoms with Gasteiger partial charge in [0.2, 0.25) is 0 Å². The summed E-state index contributed by atoms with van der Waals surface area (Å²) >= 11 is 0. The molecule has 0 aliphatic heterocycles. The minimum atomic E-state index is -0.478. The van der Waals surface area contributed by atoms with Crippen LogP contribution in [-0.2, 0) is 6.42 Å². The topological polar surface area (TPSA) is 60.8 Å². The summed E-state index contributed by atoms with van der Waals surface area (Å²) in [6.07, 6.45) is 2.28. The largest absolute Gasteiger partial charge is 0.507 e. The summed E-state index contributed by atoms with van der Waals surface area (Å²) < 4.78 is 0. The van der Waals surface area contributed by atoms with E-state index in [0.717, 1.165) is 24.0 Å². The fraction of sp³-hybridized carbons (Fsp3) is 0.350. The molecular formula is C20H23NO3. The normalized spacial score (nSPS) is 15.1. The lowest BCUT2D eigenvalue weighted by Gasteiger charge is -2.21. The molecule has 1 atom stereocenters. The van der Waals surface area contributed by atoms with Crippen LogP contribution in [0.15, 0.2) is 48.5 Å². The SMILES string of the molecule is CN(CC(O)C1CC1)C(=O)c1cc(Cc2ccccc2)ccc1O. The second kappa shape index (κ2) is 7.05. The third kappa shape index (κ3) is 3.95. The summed E-state index contributed by atoms with van der Waals surface area (Å²) in [5.74, 6) is 0.0324. The lowest BCUT2D eigenvalue weighted by Crippen LogP contribution is -2.35. The van der Waals surface area contributed by atoms with Crippen LogP contribution < -0.4 is 0 Å². The van der Waals surface area contributed by atoms with Gasteiger partial charge in [-0.2, -0.15) is 0 Å². The van der Waals surface area contributed by atoms with Crippen LogP contribution in [0.2, 0.25) is 0 Å². The highest BCUT2D eigenvalue weighted by Gasteiger charge is 2.31. The first-order valence-electron chi connectivity index (χ1n) is 8.34. The molecule has 0 heterocycles. The first-order valence-corrected chi connectivity index (χ1v) is 8.34. The Hall–Kier alpha value is -2.33. The van der Waals surface area contributed by atoms with Crippen LogP contribution in [0.1, 0.15) is 34.3 Å². The quantitative estimate of drug-likeness (QED) is 0.858. The molecule has 1 unspecified atom stereocenters. The number of nitrogens with zero attached hydrogens (tertiary/aromatic N) is 1. The molecule has 2 aromatic carbocycles. The summed E-state index contributed by atoms with van der Waals surface area (Å²) in [6.45, 7) is 0.297. The molecule has 1 aliphatic rings. The zero-order chi connectivity index (χ0) is 17.1. The van der Waals surface area contributed by atoms with Crippen molar-refractivity contribution in [3.63, 3.8) is 0 Å². The number of benzene rings is 2. The minimum absolute atomic E-state index is 0.0235. The van der Waals surface area contributed by atoms with E-state index in [1.165, 1.54) is 4.90 Å². The molecule has 0 spiro atoms. The van der Waals surface area contributed by atoms with E-state index in [1.807, 2.05) is 36.4 Å². The van der Waals surface area contributed by atoms with Crippen LogP contribution in [0.5, 0.6) is 5.75 Å². The van der Waals surface area contributed by atoms with E-state index in [2.05, 4.69) is 0 Å². The zero-order valence-corrected chi connectivity index (χ0v) is 13.9. The van der Waals surface area contributed by atoms with E-state index in [1.54, 1.807) is 19.2 Å². The van der Waals surface area contributed by atoms with Gasteiger partial charge >= 0.3 is 0 Å². The number of phenols is 1. The Morgan fingerprint density at radius 3 is 2.54 bits per heavy atom. The summed E-state index contributed by atoms with van der Waals surface area (Å²) in [4.78, 5) is 14.1. The van der Waals surface area contributed by atoms with E-state index in [-0.39, 0.29) is 17.2 Å². The Balaban J connectivity index is 1.73. The number of carbonyl (C=O) groups excluding carboxylic acids is 1. The van der Waals surface area contributed by atoms with Crippen molar-refractivity contribution in [1.82, 2.24) is 4.90 Å². The van der Waals surface area contributed by atoms with Crippen molar-refractivity contribution in [2.45, 2.75) is 25.4 Å². The molecule has 1 fully saturated rings. The van der Waals surface area contributed by atoms with Gasteiger partial charge in [-0.05, 0) is 48.4 Å². The molecular weight excluding hydrogens is 302 g/mol. The monoisotopic (exact) mass is 325 g/mol. The van der Waals surface area contributed by atoms with Crippen molar-refractivity contribution in [3.8, 4) is 5.75 Å².